The van der Waals surface area contributed by atoms with Gasteiger partial charge in [-0.3, -0.25) is 4.90 Å². The van der Waals surface area contributed by atoms with Gasteiger partial charge < -0.3 is 9.47 Å². The smallest absolute Gasteiger partial charge is 0.348 e. The van der Waals surface area contributed by atoms with E-state index in [-0.39, 0.29) is 21.9 Å². The molecule has 2 atom stereocenters. The molecule has 2 fully saturated rings. The van der Waals surface area contributed by atoms with Gasteiger partial charge in [0.2, 0.25) is 10.0 Å². The largest absolute Gasteiger partial charge is 0.465 e. The van der Waals surface area contributed by atoms with Gasteiger partial charge in [-0.05, 0) is 13.1 Å². The van der Waals surface area contributed by atoms with Gasteiger partial charge in [-0.2, -0.15) is 4.31 Å². The molecule has 0 spiro atoms. The molecule has 0 aromatic carbocycles. The normalized spacial score (nSPS) is 26.8. The number of rotatable bonds is 3. The number of sulfonamides is 1. The first kappa shape index (κ1) is 15.9. The zero-order valence-electron chi connectivity index (χ0n) is 12.4. The number of likely N-dealkylation sites (N-methyl/N-ethyl adjacent to an activating group) is 1. The highest BCUT2D eigenvalue weighted by molar-refractivity contribution is 7.89. The summed E-state index contributed by atoms with van der Waals surface area (Å²) < 4.78 is 37.2. The van der Waals surface area contributed by atoms with E-state index in [1.54, 1.807) is 0 Å². The third kappa shape index (κ3) is 2.67. The molecule has 0 N–H and O–H groups in total. The molecular weight excluding hydrogens is 328 g/mol. The second-order valence-corrected chi connectivity index (χ2v) is 8.27. The first-order valence-electron chi connectivity index (χ1n) is 6.92. The third-order valence-electron chi connectivity index (χ3n) is 4.15. The number of thiophene rings is 1. The van der Waals surface area contributed by atoms with Crippen molar-refractivity contribution in [2.24, 2.45) is 0 Å². The predicted molar refractivity (Wildman–Crippen MR) is 80.6 cm³/mol. The lowest BCUT2D eigenvalue weighted by molar-refractivity contribution is -0.0366. The number of esters is 1. The lowest BCUT2D eigenvalue weighted by Crippen LogP contribution is -2.48. The van der Waals surface area contributed by atoms with Crippen LogP contribution in [-0.4, -0.2) is 76.1 Å². The molecule has 2 unspecified atom stereocenters. The van der Waals surface area contributed by atoms with Crippen molar-refractivity contribution < 1.29 is 22.7 Å². The van der Waals surface area contributed by atoms with E-state index in [9.17, 15) is 13.2 Å². The van der Waals surface area contributed by atoms with Gasteiger partial charge >= 0.3 is 5.97 Å². The van der Waals surface area contributed by atoms with Gasteiger partial charge in [0.1, 0.15) is 4.88 Å². The monoisotopic (exact) mass is 346 g/mol. The maximum atomic E-state index is 12.7. The van der Waals surface area contributed by atoms with Crippen molar-refractivity contribution in [1.82, 2.24) is 9.21 Å². The standard InChI is InChI=1S/C13H18N2O5S2/c1-14-3-4-20-11-7-15(6-10(11)14)22(17,18)9-5-12(21-8-9)13(16)19-2/h5,8,10-11H,3-4,6-7H2,1-2H3. The second-order valence-electron chi connectivity index (χ2n) is 5.42. The number of fused-ring (bicyclic) bond motifs is 1. The van der Waals surface area contributed by atoms with E-state index in [1.807, 2.05) is 7.05 Å². The highest BCUT2D eigenvalue weighted by Gasteiger charge is 2.43. The van der Waals surface area contributed by atoms with E-state index < -0.39 is 16.0 Å². The van der Waals surface area contributed by atoms with Crippen molar-refractivity contribution in [3.05, 3.63) is 16.3 Å². The van der Waals surface area contributed by atoms with E-state index in [4.69, 9.17) is 4.74 Å². The quantitative estimate of drug-likeness (QED) is 0.730. The zero-order valence-corrected chi connectivity index (χ0v) is 14.0. The van der Waals surface area contributed by atoms with Gasteiger partial charge in [0.15, 0.2) is 0 Å². The van der Waals surface area contributed by atoms with Crippen molar-refractivity contribution in [2.75, 3.05) is 40.4 Å². The summed E-state index contributed by atoms with van der Waals surface area (Å²) in [6.45, 7) is 2.18. The van der Waals surface area contributed by atoms with Crippen LogP contribution in [0.25, 0.3) is 0 Å². The summed E-state index contributed by atoms with van der Waals surface area (Å²) in [5.41, 5.74) is 0. The minimum atomic E-state index is -3.61. The number of carbonyl (C=O) groups excluding carboxylic acids is 1. The summed E-state index contributed by atoms with van der Waals surface area (Å²) in [5.74, 6) is -0.524. The molecule has 1 aromatic heterocycles. The summed E-state index contributed by atoms with van der Waals surface area (Å²) in [6.07, 6.45) is -0.0905. The topological polar surface area (TPSA) is 76.2 Å². The Kier molecular flexibility index (Phi) is 4.25. The number of methoxy groups -OCH3 is 1. The van der Waals surface area contributed by atoms with E-state index in [2.05, 4.69) is 9.64 Å². The van der Waals surface area contributed by atoms with Gasteiger partial charge in [-0.1, -0.05) is 0 Å². The summed E-state index contributed by atoms with van der Waals surface area (Å²) in [4.78, 5) is 14.0. The number of ether oxygens (including phenoxy) is 2. The Morgan fingerprint density at radius 3 is 2.91 bits per heavy atom. The van der Waals surface area contributed by atoms with Crippen LogP contribution in [0.5, 0.6) is 0 Å². The van der Waals surface area contributed by atoms with Crippen molar-refractivity contribution in [3.8, 4) is 0 Å². The fourth-order valence-corrected chi connectivity index (χ4v) is 5.48. The van der Waals surface area contributed by atoms with Gasteiger partial charge in [-0.15, -0.1) is 11.3 Å². The molecule has 0 saturated carbocycles. The maximum absolute atomic E-state index is 12.7. The molecule has 0 aliphatic carbocycles. The Hall–Kier alpha value is -1.00. The lowest BCUT2D eigenvalue weighted by Gasteiger charge is -2.33. The molecule has 0 bridgehead atoms. The summed E-state index contributed by atoms with van der Waals surface area (Å²) in [5, 5.41) is 1.48. The van der Waals surface area contributed by atoms with Crippen LogP contribution in [0, 0.1) is 0 Å². The van der Waals surface area contributed by atoms with E-state index in [0.29, 0.717) is 19.7 Å². The molecule has 2 saturated heterocycles. The summed E-state index contributed by atoms with van der Waals surface area (Å²) in [6, 6.07) is 1.46. The molecule has 2 aliphatic rings. The lowest BCUT2D eigenvalue weighted by atomic mass is 10.1. The van der Waals surface area contributed by atoms with Crippen molar-refractivity contribution in [1.29, 1.82) is 0 Å². The number of carbonyl (C=O) groups is 1. The molecule has 3 heterocycles. The van der Waals surface area contributed by atoms with Gasteiger partial charge in [0.05, 0.1) is 30.8 Å². The third-order valence-corrected chi connectivity index (χ3v) is 7.01. The SMILES string of the molecule is COC(=O)c1cc(S(=O)(=O)N2CC3OCCN(C)C3C2)cs1. The van der Waals surface area contributed by atoms with Crippen molar-refractivity contribution >= 4 is 27.3 Å². The number of morpholine rings is 1. The Morgan fingerprint density at radius 1 is 1.45 bits per heavy atom. The van der Waals surface area contributed by atoms with Gasteiger partial charge in [0.25, 0.3) is 0 Å². The molecule has 3 rings (SSSR count). The average molecular weight is 346 g/mol. The maximum Gasteiger partial charge on any atom is 0.348 e. The number of nitrogens with zero attached hydrogens (tertiary/aromatic N) is 2. The van der Waals surface area contributed by atoms with Crippen molar-refractivity contribution in [3.63, 3.8) is 0 Å². The van der Waals surface area contributed by atoms with Crippen LogP contribution in [-0.2, 0) is 19.5 Å². The van der Waals surface area contributed by atoms with Gasteiger partial charge in [0, 0.05) is 25.0 Å². The van der Waals surface area contributed by atoms with Crippen LogP contribution in [0.3, 0.4) is 0 Å². The minimum Gasteiger partial charge on any atom is -0.465 e. The van der Waals surface area contributed by atoms with E-state index >= 15 is 0 Å². The van der Waals surface area contributed by atoms with Crippen LogP contribution in [0.15, 0.2) is 16.3 Å². The molecule has 7 nitrogen and oxygen atoms in total. The highest BCUT2D eigenvalue weighted by atomic mass is 32.2. The molecule has 0 amide bonds. The first-order chi connectivity index (χ1) is 10.4. The molecule has 122 valence electrons. The predicted octanol–water partition coefficient (Wildman–Crippen LogP) is 0.238. The van der Waals surface area contributed by atoms with Crippen LogP contribution >= 0.6 is 11.3 Å². The molecule has 22 heavy (non-hydrogen) atoms. The summed E-state index contributed by atoms with van der Waals surface area (Å²) in [7, 11) is -0.357. The van der Waals surface area contributed by atoms with Crippen LogP contribution in [0.1, 0.15) is 9.67 Å². The molecule has 0 radical (unpaired) electrons. The molecule has 9 heteroatoms. The Balaban J connectivity index is 1.82. The Labute approximate surface area is 133 Å². The van der Waals surface area contributed by atoms with Crippen LogP contribution in [0.2, 0.25) is 0 Å². The van der Waals surface area contributed by atoms with E-state index in [1.165, 1.54) is 22.9 Å². The number of hydrogen-bond acceptors (Lipinski definition) is 7. The van der Waals surface area contributed by atoms with Crippen LogP contribution < -0.4 is 0 Å². The molecular formula is C13H18N2O5S2. The fraction of sp³-hybridized carbons (Fsp3) is 0.615. The highest BCUT2D eigenvalue weighted by Crippen LogP contribution is 2.29. The zero-order chi connectivity index (χ0) is 15.9. The first-order valence-corrected chi connectivity index (χ1v) is 9.24. The summed E-state index contributed by atoms with van der Waals surface area (Å²) >= 11 is 1.07. The minimum absolute atomic E-state index is 0.0854. The van der Waals surface area contributed by atoms with E-state index in [0.717, 1.165) is 17.9 Å². The Morgan fingerprint density at radius 2 is 2.23 bits per heavy atom. The second kappa shape index (κ2) is 5.89. The average Bonchev–Trinajstić information content (AvgIpc) is 3.14. The van der Waals surface area contributed by atoms with Gasteiger partial charge in [-0.25, -0.2) is 13.2 Å². The number of hydrogen-bond donors (Lipinski definition) is 0. The molecule has 2 aliphatic heterocycles. The molecule has 1 aromatic rings. The van der Waals surface area contributed by atoms with Crippen LogP contribution in [0.4, 0.5) is 0 Å². The Bertz CT molecular complexity index is 672. The fourth-order valence-electron chi connectivity index (χ4n) is 2.83. The van der Waals surface area contributed by atoms with Crippen molar-refractivity contribution in [2.45, 2.75) is 17.0 Å².